The fraction of sp³-hybridized carbons (Fsp3) is 0.0769. The van der Waals surface area contributed by atoms with E-state index in [0.29, 0.717) is 12.2 Å². The average molecular weight is 239 g/mol. The molecule has 0 unspecified atom stereocenters. The summed E-state index contributed by atoms with van der Waals surface area (Å²) in [6.45, 7) is 0.640. The van der Waals surface area contributed by atoms with Crippen LogP contribution in [0, 0.1) is 0 Å². The molecule has 0 fully saturated rings. The van der Waals surface area contributed by atoms with E-state index < -0.39 is 0 Å². The summed E-state index contributed by atoms with van der Waals surface area (Å²) in [6.07, 6.45) is 5.29. The van der Waals surface area contributed by atoms with Gasteiger partial charge in [-0.3, -0.25) is 4.98 Å². The number of anilines is 2. The van der Waals surface area contributed by atoms with E-state index in [9.17, 15) is 0 Å². The molecule has 0 amide bonds. The molecule has 0 spiro atoms. The number of hydrogen-bond donors (Lipinski definition) is 3. The molecule has 4 N–H and O–H groups in total. The van der Waals surface area contributed by atoms with Gasteiger partial charge in [0, 0.05) is 29.7 Å². The number of benzene rings is 1. The van der Waals surface area contributed by atoms with Gasteiger partial charge >= 0.3 is 0 Å². The Kier molecular flexibility index (Phi) is 2.57. The summed E-state index contributed by atoms with van der Waals surface area (Å²) in [5.74, 6) is 0.892. The second-order valence-corrected chi connectivity index (χ2v) is 3.99. The van der Waals surface area contributed by atoms with Gasteiger partial charge in [-0.25, -0.2) is 4.98 Å². The molecule has 3 aromatic rings. The van der Waals surface area contributed by atoms with Crippen molar-refractivity contribution in [2.75, 3.05) is 11.1 Å². The van der Waals surface area contributed by atoms with Gasteiger partial charge in [0.25, 0.3) is 0 Å². The number of pyridine rings is 1. The molecular weight excluding hydrogens is 226 g/mol. The van der Waals surface area contributed by atoms with Crippen LogP contribution in [0.2, 0.25) is 0 Å². The van der Waals surface area contributed by atoms with Gasteiger partial charge in [0.05, 0.1) is 17.7 Å². The topological polar surface area (TPSA) is 79.6 Å². The molecule has 2 aromatic heterocycles. The number of para-hydroxylation sites is 1. The van der Waals surface area contributed by atoms with Crippen LogP contribution in [-0.2, 0) is 6.54 Å². The normalized spacial score (nSPS) is 10.7. The van der Waals surface area contributed by atoms with Crippen LogP contribution >= 0.6 is 0 Å². The van der Waals surface area contributed by atoms with Crippen molar-refractivity contribution in [3.63, 3.8) is 0 Å². The van der Waals surface area contributed by atoms with E-state index in [1.165, 1.54) is 0 Å². The van der Waals surface area contributed by atoms with Crippen molar-refractivity contribution in [2.45, 2.75) is 6.54 Å². The Labute approximate surface area is 104 Å². The van der Waals surface area contributed by atoms with Crippen molar-refractivity contribution >= 4 is 22.3 Å². The van der Waals surface area contributed by atoms with Gasteiger partial charge < -0.3 is 16.0 Å². The number of aromatic amines is 1. The molecular formula is C13H13N5. The van der Waals surface area contributed by atoms with Crippen LogP contribution in [0.25, 0.3) is 10.9 Å². The number of hydrogen-bond acceptors (Lipinski definition) is 4. The first-order valence-corrected chi connectivity index (χ1v) is 5.70. The van der Waals surface area contributed by atoms with Crippen molar-refractivity contribution in [3.05, 3.63) is 48.7 Å². The second-order valence-electron chi connectivity index (χ2n) is 3.99. The highest BCUT2D eigenvalue weighted by Crippen LogP contribution is 2.25. The number of nitrogens with two attached hydrogens (primary N) is 1. The highest BCUT2D eigenvalue weighted by molar-refractivity contribution is 5.97. The summed E-state index contributed by atoms with van der Waals surface area (Å²) in [7, 11) is 0. The molecule has 0 aliphatic carbocycles. The number of rotatable bonds is 3. The van der Waals surface area contributed by atoms with Gasteiger partial charge in [0.1, 0.15) is 5.82 Å². The first-order chi connectivity index (χ1) is 8.84. The summed E-state index contributed by atoms with van der Waals surface area (Å²) in [5, 5.41) is 4.35. The molecule has 5 nitrogen and oxygen atoms in total. The van der Waals surface area contributed by atoms with Gasteiger partial charge in [-0.05, 0) is 12.1 Å². The summed E-state index contributed by atoms with van der Waals surface area (Å²) in [6, 6.07) is 7.72. The lowest BCUT2D eigenvalue weighted by Crippen LogP contribution is -2.02. The Balaban J connectivity index is 1.94. The minimum absolute atomic E-state index is 0.640. The Bertz CT molecular complexity index is 660. The fourth-order valence-corrected chi connectivity index (χ4v) is 1.93. The third kappa shape index (κ3) is 1.86. The van der Waals surface area contributed by atoms with Crippen LogP contribution in [0.1, 0.15) is 5.82 Å². The highest BCUT2D eigenvalue weighted by Gasteiger charge is 2.04. The van der Waals surface area contributed by atoms with Crippen molar-refractivity contribution in [2.24, 2.45) is 0 Å². The number of imidazole rings is 1. The van der Waals surface area contributed by atoms with Gasteiger partial charge in [0.15, 0.2) is 0 Å². The summed E-state index contributed by atoms with van der Waals surface area (Å²) < 4.78 is 0. The molecule has 0 saturated carbocycles. The van der Waals surface area contributed by atoms with Crippen molar-refractivity contribution in [1.82, 2.24) is 15.0 Å². The maximum atomic E-state index is 5.91. The molecule has 0 aliphatic heterocycles. The Morgan fingerprint density at radius 2 is 2.11 bits per heavy atom. The van der Waals surface area contributed by atoms with E-state index >= 15 is 0 Å². The maximum absolute atomic E-state index is 5.91. The molecule has 3 rings (SSSR count). The average Bonchev–Trinajstić information content (AvgIpc) is 2.90. The Hall–Kier alpha value is -2.56. The second kappa shape index (κ2) is 4.37. The lowest BCUT2D eigenvalue weighted by Gasteiger charge is -2.09. The molecule has 0 radical (unpaired) electrons. The standard InChI is InChI=1S/C13H13N5/c14-10-3-1-2-9-11(4-5-17-13(9)10)18-8-12-15-6-7-16-12/h1-7H,8,14H2,(H,15,16)(H,17,18). The van der Waals surface area contributed by atoms with Crippen LogP contribution in [0.15, 0.2) is 42.9 Å². The molecule has 0 bridgehead atoms. The highest BCUT2D eigenvalue weighted by atomic mass is 15.0. The van der Waals surface area contributed by atoms with Crippen LogP contribution in [0.4, 0.5) is 11.4 Å². The molecule has 1 aromatic carbocycles. The molecule has 5 heteroatoms. The molecule has 0 saturated heterocycles. The Morgan fingerprint density at radius 1 is 1.17 bits per heavy atom. The minimum atomic E-state index is 0.640. The van der Waals surface area contributed by atoms with Crippen LogP contribution in [-0.4, -0.2) is 15.0 Å². The largest absolute Gasteiger partial charge is 0.397 e. The number of H-pyrrole nitrogens is 1. The van der Waals surface area contributed by atoms with Gasteiger partial charge in [-0.1, -0.05) is 12.1 Å². The molecule has 18 heavy (non-hydrogen) atoms. The molecule has 90 valence electrons. The van der Waals surface area contributed by atoms with E-state index in [1.54, 1.807) is 18.6 Å². The number of nitrogens with one attached hydrogen (secondary N) is 2. The van der Waals surface area contributed by atoms with Crippen molar-refractivity contribution in [1.29, 1.82) is 0 Å². The van der Waals surface area contributed by atoms with Crippen LogP contribution < -0.4 is 11.1 Å². The summed E-state index contributed by atoms with van der Waals surface area (Å²) in [5.41, 5.74) is 8.42. The zero-order valence-electron chi connectivity index (χ0n) is 9.72. The zero-order valence-corrected chi connectivity index (χ0v) is 9.72. The summed E-state index contributed by atoms with van der Waals surface area (Å²) in [4.78, 5) is 11.5. The third-order valence-corrected chi connectivity index (χ3v) is 2.80. The van der Waals surface area contributed by atoms with Gasteiger partial charge in [0.2, 0.25) is 0 Å². The van der Waals surface area contributed by atoms with E-state index in [0.717, 1.165) is 22.4 Å². The van der Waals surface area contributed by atoms with Gasteiger partial charge in [-0.15, -0.1) is 0 Å². The molecule has 0 atom stereocenters. The maximum Gasteiger partial charge on any atom is 0.125 e. The number of nitrogen functional groups attached to an aromatic ring is 1. The third-order valence-electron chi connectivity index (χ3n) is 2.80. The first-order valence-electron chi connectivity index (χ1n) is 5.70. The summed E-state index contributed by atoms with van der Waals surface area (Å²) >= 11 is 0. The lowest BCUT2D eigenvalue weighted by molar-refractivity contribution is 1.00. The smallest absolute Gasteiger partial charge is 0.125 e. The number of aromatic nitrogens is 3. The zero-order chi connectivity index (χ0) is 12.4. The van der Waals surface area contributed by atoms with Crippen molar-refractivity contribution < 1.29 is 0 Å². The predicted molar refractivity (Wildman–Crippen MR) is 72.1 cm³/mol. The quantitative estimate of drug-likeness (QED) is 0.612. The van der Waals surface area contributed by atoms with Crippen molar-refractivity contribution in [3.8, 4) is 0 Å². The van der Waals surface area contributed by atoms with Crippen LogP contribution in [0.3, 0.4) is 0 Å². The van der Waals surface area contributed by atoms with E-state index in [1.807, 2.05) is 24.3 Å². The fourth-order valence-electron chi connectivity index (χ4n) is 1.93. The Morgan fingerprint density at radius 3 is 2.94 bits per heavy atom. The first kappa shape index (κ1) is 10.6. The minimum Gasteiger partial charge on any atom is -0.397 e. The van der Waals surface area contributed by atoms with E-state index in [-0.39, 0.29) is 0 Å². The predicted octanol–water partition coefficient (Wildman–Crippen LogP) is 2.15. The molecule has 0 aliphatic rings. The molecule has 2 heterocycles. The number of fused-ring (bicyclic) bond motifs is 1. The SMILES string of the molecule is Nc1cccc2c(NCc3ncc[nH]3)ccnc12. The van der Waals surface area contributed by atoms with Gasteiger partial charge in [-0.2, -0.15) is 0 Å². The number of nitrogens with zero attached hydrogens (tertiary/aromatic N) is 2. The van der Waals surface area contributed by atoms with Crippen LogP contribution in [0.5, 0.6) is 0 Å². The van der Waals surface area contributed by atoms with E-state index in [2.05, 4.69) is 20.3 Å². The lowest BCUT2D eigenvalue weighted by atomic mass is 10.1. The van der Waals surface area contributed by atoms with E-state index in [4.69, 9.17) is 5.73 Å². The monoisotopic (exact) mass is 239 g/mol.